The number of carbonyl (C=O) groups is 1. The minimum absolute atomic E-state index is 0.304. The van der Waals surface area contributed by atoms with Gasteiger partial charge in [0.1, 0.15) is 5.82 Å². The first kappa shape index (κ1) is 13.8. The van der Waals surface area contributed by atoms with Gasteiger partial charge in [0.15, 0.2) is 0 Å². The van der Waals surface area contributed by atoms with Crippen molar-refractivity contribution in [2.24, 2.45) is 0 Å². The predicted octanol–water partition coefficient (Wildman–Crippen LogP) is 1.62. The number of likely N-dealkylation sites (tertiary alicyclic amines) is 1. The molecule has 1 fully saturated rings. The fourth-order valence-electron chi connectivity index (χ4n) is 2.60. The van der Waals surface area contributed by atoms with Crippen LogP contribution in [0.1, 0.15) is 28.9 Å². The van der Waals surface area contributed by atoms with Crippen molar-refractivity contribution in [3.8, 4) is 0 Å². The number of nitrogens with zero attached hydrogens (tertiary/aromatic N) is 3. The van der Waals surface area contributed by atoms with Crippen LogP contribution < -0.4 is 4.90 Å². The number of likely N-dealkylation sites (N-methyl/N-ethyl adjacent to an activating group) is 2. The number of hydrogen-bond donors (Lipinski definition) is 1. The second-order valence-corrected chi connectivity index (χ2v) is 5.33. The van der Waals surface area contributed by atoms with E-state index in [9.17, 15) is 4.79 Å². The monoisotopic (exact) mass is 263 g/mol. The Morgan fingerprint density at radius 1 is 1.53 bits per heavy atom. The average molecular weight is 263 g/mol. The van der Waals surface area contributed by atoms with Gasteiger partial charge in [-0.1, -0.05) is 0 Å². The Morgan fingerprint density at radius 2 is 2.26 bits per heavy atom. The molecule has 1 aliphatic rings. The van der Waals surface area contributed by atoms with E-state index >= 15 is 0 Å². The lowest BCUT2D eigenvalue weighted by atomic mass is 10.0. The van der Waals surface area contributed by atoms with Crippen molar-refractivity contribution in [3.63, 3.8) is 0 Å². The normalized spacial score (nSPS) is 20.3. The number of aromatic nitrogens is 1. The lowest BCUT2D eigenvalue weighted by Crippen LogP contribution is -2.45. The van der Waals surface area contributed by atoms with Gasteiger partial charge in [0.25, 0.3) is 0 Å². The summed E-state index contributed by atoms with van der Waals surface area (Å²) in [6, 6.07) is 3.66. The number of pyridine rings is 1. The van der Waals surface area contributed by atoms with Gasteiger partial charge < -0.3 is 14.9 Å². The third kappa shape index (κ3) is 3.23. The quantitative estimate of drug-likeness (QED) is 0.898. The van der Waals surface area contributed by atoms with Gasteiger partial charge in [0.2, 0.25) is 0 Å². The smallest absolute Gasteiger partial charge is 0.335 e. The van der Waals surface area contributed by atoms with Crippen LogP contribution in [0.4, 0.5) is 5.82 Å². The summed E-state index contributed by atoms with van der Waals surface area (Å²) in [7, 11) is 4.11. The molecule has 0 aliphatic carbocycles. The van der Waals surface area contributed by atoms with Crippen LogP contribution in [0.5, 0.6) is 0 Å². The van der Waals surface area contributed by atoms with Gasteiger partial charge in [-0.3, -0.25) is 0 Å². The largest absolute Gasteiger partial charge is 0.478 e. The lowest BCUT2D eigenvalue weighted by Gasteiger charge is -2.36. The zero-order chi connectivity index (χ0) is 14.0. The second-order valence-electron chi connectivity index (χ2n) is 5.33. The summed E-state index contributed by atoms with van der Waals surface area (Å²) in [6.45, 7) is 3.96. The van der Waals surface area contributed by atoms with E-state index in [1.54, 1.807) is 12.1 Å². The minimum Gasteiger partial charge on any atom is -0.478 e. The third-order valence-corrected chi connectivity index (χ3v) is 3.70. The molecule has 0 amide bonds. The van der Waals surface area contributed by atoms with E-state index in [2.05, 4.69) is 21.8 Å². The number of anilines is 1. The number of aromatic carboxylic acids is 1. The topological polar surface area (TPSA) is 56.7 Å². The number of rotatable bonds is 3. The van der Waals surface area contributed by atoms with E-state index in [0.717, 1.165) is 31.0 Å². The summed E-state index contributed by atoms with van der Waals surface area (Å²) in [4.78, 5) is 20.0. The van der Waals surface area contributed by atoms with Crippen LogP contribution in [-0.4, -0.2) is 54.2 Å². The first-order chi connectivity index (χ1) is 8.97. The summed E-state index contributed by atoms with van der Waals surface area (Å²) in [5.74, 6) is -0.154. The van der Waals surface area contributed by atoms with Crippen molar-refractivity contribution in [3.05, 3.63) is 23.4 Å². The van der Waals surface area contributed by atoms with Gasteiger partial charge >= 0.3 is 5.97 Å². The van der Waals surface area contributed by atoms with Crippen LogP contribution in [-0.2, 0) is 0 Å². The highest BCUT2D eigenvalue weighted by Gasteiger charge is 2.22. The van der Waals surface area contributed by atoms with E-state index in [0.29, 0.717) is 11.6 Å². The standard InChI is InChI=1S/C14H21N3O2/c1-10-7-11(14(18)19)8-13(15-10)17(3)12-5-4-6-16(2)9-12/h7-8,12H,4-6,9H2,1-3H3,(H,18,19). The van der Waals surface area contributed by atoms with Crippen molar-refractivity contribution in [1.82, 2.24) is 9.88 Å². The molecule has 1 aromatic rings. The molecule has 0 radical (unpaired) electrons. The molecule has 0 spiro atoms. The summed E-state index contributed by atoms with van der Waals surface area (Å²) in [5.41, 5.74) is 1.05. The Morgan fingerprint density at radius 3 is 2.89 bits per heavy atom. The van der Waals surface area contributed by atoms with Crippen LogP contribution in [0.15, 0.2) is 12.1 Å². The second kappa shape index (κ2) is 5.57. The van der Waals surface area contributed by atoms with Gasteiger partial charge in [-0.05, 0) is 45.5 Å². The molecule has 0 aromatic carbocycles. The molecular formula is C14H21N3O2. The van der Waals surface area contributed by atoms with Gasteiger partial charge in [-0.2, -0.15) is 0 Å². The Kier molecular flexibility index (Phi) is 4.04. The number of hydrogen-bond acceptors (Lipinski definition) is 4. The number of carboxylic acid groups (broad SMARTS) is 1. The molecule has 5 heteroatoms. The van der Waals surface area contributed by atoms with Crippen LogP contribution in [0.25, 0.3) is 0 Å². The van der Waals surface area contributed by atoms with E-state index in [1.165, 1.54) is 6.42 Å². The highest BCUT2D eigenvalue weighted by molar-refractivity contribution is 5.88. The summed E-state index contributed by atoms with van der Waals surface area (Å²) < 4.78 is 0. The van der Waals surface area contributed by atoms with Gasteiger partial charge in [-0.15, -0.1) is 0 Å². The molecule has 1 N–H and O–H groups in total. The highest BCUT2D eigenvalue weighted by atomic mass is 16.4. The Bertz CT molecular complexity index is 476. The minimum atomic E-state index is -0.902. The maximum Gasteiger partial charge on any atom is 0.335 e. The van der Waals surface area contributed by atoms with Gasteiger partial charge in [-0.25, -0.2) is 9.78 Å². The third-order valence-electron chi connectivity index (χ3n) is 3.70. The highest BCUT2D eigenvalue weighted by Crippen LogP contribution is 2.21. The lowest BCUT2D eigenvalue weighted by molar-refractivity contribution is 0.0696. The summed E-state index contributed by atoms with van der Waals surface area (Å²) in [6.07, 6.45) is 2.29. The molecule has 0 saturated carbocycles. The van der Waals surface area contributed by atoms with Crippen LogP contribution in [0.2, 0.25) is 0 Å². The van der Waals surface area contributed by atoms with E-state index in [1.807, 2.05) is 14.0 Å². The van der Waals surface area contributed by atoms with Crippen molar-refractivity contribution in [2.45, 2.75) is 25.8 Å². The number of aryl methyl sites for hydroxylation is 1. The molecule has 1 saturated heterocycles. The fraction of sp³-hybridized carbons (Fsp3) is 0.571. The molecule has 1 aromatic heterocycles. The maximum absolute atomic E-state index is 11.1. The Balaban J connectivity index is 2.22. The molecule has 104 valence electrons. The molecule has 2 rings (SSSR count). The van der Waals surface area contributed by atoms with Gasteiger partial charge in [0, 0.05) is 25.3 Å². The molecule has 19 heavy (non-hydrogen) atoms. The first-order valence-electron chi connectivity index (χ1n) is 6.60. The average Bonchev–Trinajstić information content (AvgIpc) is 2.37. The molecule has 0 bridgehead atoms. The number of piperidine rings is 1. The molecule has 2 heterocycles. The molecule has 1 atom stereocenters. The molecular weight excluding hydrogens is 242 g/mol. The van der Waals surface area contributed by atoms with Crippen LogP contribution >= 0.6 is 0 Å². The van der Waals surface area contributed by atoms with Gasteiger partial charge in [0.05, 0.1) is 5.56 Å². The van der Waals surface area contributed by atoms with Crippen molar-refractivity contribution in [2.75, 3.05) is 32.1 Å². The van der Waals surface area contributed by atoms with E-state index in [4.69, 9.17) is 5.11 Å². The predicted molar refractivity (Wildman–Crippen MR) is 74.9 cm³/mol. The van der Waals surface area contributed by atoms with E-state index in [-0.39, 0.29) is 0 Å². The molecule has 1 aliphatic heterocycles. The first-order valence-corrected chi connectivity index (χ1v) is 6.60. The summed E-state index contributed by atoms with van der Waals surface area (Å²) in [5, 5.41) is 9.11. The van der Waals surface area contributed by atoms with Crippen LogP contribution in [0.3, 0.4) is 0 Å². The fourth-order valence-corrected chi connectivity index (χ4v) is 2.60. The Hall–Kier alpha value is -1.62. The van der Waals surface area contributed by atoms with Crippen molar-refractivity contribution >= 4 is 11.8 Å². The molecule has 5 nitrogen and oxygen atoms in total. The Labute approximate surface area is 113 Å². The molecule has 1 unspecified atom stereocenters. The SMILES string of the molecule is Cc1cc(C(=O)O)cc(N(C)C2CCCN(C)C2)n1. The number of carboxylic acids is 1. The van der Waals surface area contributed by atoms with Crippen LogP contribution in [0, 0.1) is 6.92 Å². The van der Waals surface area contributed by atoms with E-state index < -0.39 is 5.97 Å². The zero-order valence-electron chi connectivity index (χ0n) is 11.8. The van der Waals surface area contributed by atoms with Crippen molar-refractivity contribution in [1.29, 1.82) is 0 Å². The maximum atomic E-state index is 11.1. The summed E-state index contributed by atoms with van der Waals surface area (Å²) >= 11 is 0. The zero-order valence-corrected chi connectivity index (χ0v) is 11.8. The van der Waals surface area contributed by atoms with Crippen molar-refractivity contribution < 1.29 is 9.90 Å².